The standard InChI is InChI=1S/C10H14ClN3O2/c1-13(2)6-3-4-14-7(5-6)12-9(11)8(14)10(15)16/h6H,3-5H2,1-2H3,(H,15,16). The van der Waals surface area contributed by atoms with Crippen LogP contribution in [0, 0.1) is 0 Å². The third kappa shape index (κ3) is 1.81. The summed E-state index contributed by atoms with van der Waals surface area (Å²) in [6, 6.07) is 0.410. The van der Waals surface area contributed by atoms with Crippen molar-refractivity contribution >= 4 is 17.6 Å². The second-order valence-corrected chi connectivity index (χ2v) is 4.59. The average Bonchev–Trinajstić information content (AvgIpc) is 2.51. The third-order valence-corrected chi connectivity index (χ3v) is 3.30. The molecule has 0 radical (unpaired) electrons. The number of rotatable bonds is 2. The van der Waals surface area contributed by atoms with Crippen LogP contribution in [0.25, 0.3) is 0 Å². The fourth-order valence-electron chi connectivity index (χ4n) is 2.10. The van der Waals surface area contributed by atoms with E-state index >= 15 is 0 Å². The van der Waals surface area contributed by atoms with Crippen LogP contribution in [0.15, 0.2) is 0 Å². The van der Waals surface area contributed by atoms with Gasteiger partial charge in [0.25, 0.3) is 0 Å². The second-order valence-electron chi connectivity index (χ2n) is 4.23. The van der Waals surface area contributed by atoms with Crippen LogP contribution in [0.4, 0.5) is 0 Å². The minimum absolute atomic E-state index is 0.0990. The molecule has 0 saturated carbocycles. The zero-order chi connectivity index (χ0) is 11.9. The van der Waals surface area contributed by atoms with Crippen LogP contribution in [-0.2, 0) is 13.0 Å². The van der Waals surface area contributed by atoms with Gasteiger partial charge in [-0.05, 0) is 20.5 Å². The number of carboxylic acids is 1. The van der Waals surface area contributed by atoms with Gasteiger partial charge in [-0.25, -0.2) is 9.78 Å². The van der Waals surface area contributed by atoms with Crippen molar-refractivity contribution < 1.29 is 9.90 Å². The lowest BCUT2D eigenvalue weighted by molar-refractivity contribution is 0.0682. The molecule has 0 amide bonds. The summed E-state index contributed by atoms with van der Waals surface area (Å²) in [7, 11) is 4.03. The maximum atomic E-state index is 11.0. The smallest absolute Gasteiger partial charge is 0.355 e. The summed E-state index contributed by atoms with van der Waals surface area (Å²) in [5.74, 6) is -0.237. The van der Waals surface area contributed by atoms with E-state index in [-0.39, 0.29) is 10.8 Å². The highest BCUT2D eigenvalue weighted by Crippen LogP contribution is 2.24. The molecule has 1 aromatic heterocycles. The predicted molar refractivity (Wildman–Crippen MR) is 60.0 cm³/mol. The van der Waals surface area contributed by atoms with Gasteiger partial charge in [-0.3, -0.25) is 0 Å². The van der Waals surface area contributed by atoms with Crippen molar-refractivity contribution in [1.82, 2.24) is 14.5 Å². The normalized spacial score (nSPS) is 19.9. The van der Waals surface area contributed by atoms with Gasteiger partial charge in [-0.15, -0.1) is 0 Å². The van der Waals surface area contributed by atoms with E-state index in [1.807, 2.05) is 14.1 Å². The Bertz CT molecular complexity index is 428. The monoisotopic (exact) mass is 243 g/mol. The maximum absolute atomic E-state index is 11.0. The summed E-state index contributed by atoms with van der Waals surface area (Å²) in [5.41, 5.74) is 0.119. The molecular weight excluding hydrogens is 230 g/mol. The quantitative estimate of drug-likeness (QED) is 0.846. The maximum Gasteiger partial charge on any atom is 0.355 e. The van der Waals surface area contributed by atoms with E-state index in [2.05, 4.69) is 9.88 Å². The van der Waals surface area contributed by atoms with Gasteiger partial charge in [0.05, 0.1) is 0 Å². The van der Waals surface area contributed by atoms with E-state index in [0.29, 0.717) is 12.6 Å². The molecule has 88 valence electrons. The number of carbonyl (C=O) groups is 1. The Balaban J connectivity index is 2.35. The van der Waals surface area contributed by atoms with Gasteiger partial charge in [-0.2, -0.15) is 0 Å². The van der Waals surface area contributed by atoms with Gasteiger partial charge in [0.1, 0.15) is 5.82 Å². The van der Waals surface area contributed by atoms with Gasteiger partial charge < -0.3 is 14.6 Å². The van der Waals surface area contributed by atoms with Crippen molar-refractivity contribution in [2.45, 2.75) is 25.4 Å². The lowest BCUT2D eigenvalue weighted by Gasteiger charge is -2.28. The van der Waals surface area contributed by atoms with Crippen molar-refractivity contribution in [3.8, 4) is 0 Å². The van der Waals surface area contributed by atoms with Gasteiger partial charge in [0.2, 0.25) is 0 Å². The molecule has 1 aliphatic heterocycles. The first-order chi connectivity index (χ1) is 7.50. The van der Waals surface area contributed by atoms with E-state index in [0.717, 1.165) is 18.7 Å². The number of imidazole rings is 1. The second kappa shape index (κ2) is 4.07. The van der Waals surface area contributed by atoms with Crippen LogP contribution >= 0.6 is 11.6 Å². The first kappa shape index (κ1) is 11.4. The van der Waals surface area contributed by atoms with Crippen LogP contribution in [0.3, 0.4) is 0 Å². The molecule has 0 aromatic carbocycles. The molecule has 2 rings (SSSR count). The summed E-state index contributed by atoms with van der Waals surface area (Å²) in [6.45, 7) is 0.666. The van der Waals surface area contributed by atoms with E-state index in [4.69, 9.17) is 16.7 Å². The minimum Gasteiger partial charge on any atom is -0.476 e. The number of nitrogens with zero attached hydrogens (tertiary/aromatic N) is 3. The summed E-state index contributed by atoms with van der Waals surface area (Å²) in [5, 5.41) is 9.13. The zero-order valence-corrected chi connectivity index (χ0v) is 10.0. The number of carboxylic acid groups (broad SMARTS) is 1. The SMILES string of the molecule is CN(C)C1CCn2c(nc(Cl)c2C(=O)O)C1. The molecule has 1 aromatic rings. The lowest BCUT2D eigenvalue weighted by Crippen LogP contribution is -2.36. The number of fused-ring (bicyclic) bond motifs is 1. The highest BCUT2D eigenvalue weighted by Gasteiger charge is 2.28. The highest BCUT2D eigenvalue weighted by atomic mass is 35.5. The molecule has 0 bridgehead atoms. The summed E-state index contributed by atoms with van der Waals surface area (Å²) in [6.07, 6.45) is 1.67. The van der Waals surface area contributed by atoms with Gasteiger partial charge in [0, 0.05) is 19.0 Å². The van der Waals surface area contributed by atoms with Crippen LogP contribution in [-0.4, -0.2) is 45.7 Å². The number of hydrogen-bond donors (Lipinski definition) is 1. The molecular formula is C10H14ClN3O2. The number of hydrogen-bond acceptors (Lipinski definition) is 3. The van der Waals surface area contributed by atoms with Crippen LogP contribution < -0.4 is 0 Å². The van der Waals surface area contributed by atoms with Gasteiger partial charge in [-0.1, -0.05) is 11.6 Å². The first-order valence-electron chi connectivity index (χ1n) is 5.15. The van der Waals surface area contributed by atoms with Crippen LogP contribution in [0.1, 0.15) is 22.7 Å². The summed E-state index contributed by atoms with van der Waals surface area (Å²) >= 11 is 5.83. The van der Waals surface area contributed by atoms with Crippen LogP contribution in [0.5, 0.6) is 0 Å². The van der Waals surface area contributed by atoms with Crippen molar-refractivity contribution in [2.75, 3.05) is 14.1 Å². The minimum atomic E-state index is -1.01. The molecule has 1 atom stereocenters. The van der Waals surface area contributed by atoms with Crippen molar-refractivity contribution in [3.05, 3.63) is 16.7 Å². The molecule has 0 aliphatic carbocycles. The number of likely N-dealkylation sites (N-methyl/N-ethyl adjacent to an activating group) is 1. The van der Waals surface area contributed by atoms with E-state index < -0.39 is 5.97 Å². The van der Waals surface area contributed by atoms with Gasteiger partial charge >= 0.3 is 5.97 Å². The molecule has 5 nitrogen and oxygen atoms in total. The highest BCUT2D eigenvalue weighted by molar-refractivity contribution is 6.32. The molecule has 0 saturated heterocycles. The number of halogens is 1. The van der Waals surface area contributed by atoms with E-state index in [9.17, 15) is 4.79 Å². The number of aromatic nitrogens is 2. The Morgan fingerprint density at radius 1 is 1.62 bits per heavy atom. The molecule has 2 heterocycles. The summed E-state index contributed by atoms with van der Waals surface area (Å²) in [4.78, 5) is 17.3. The van der Waals surface area contributed by atoms with Crippen molar-refractivity contribution in [3.63, 3.8) is 0 Å². The molecule has 6 heteroatoms. The fraction of sp³-hybridized carbons (Fsp3) is 0.600. The topological polar surface area (TPSA) is 58.4 Å². The fourth-order valence-corrected chi connectivity index (χ4v) is 2.38. The van der Waals surface area contributed by atoms with Crippen LogP contribution in [0.2, 0.25) is 5.15 Å². The van der Waals surface area contributed by atoms with E-state index in [1.165, 1.54) is 0 Å². The predicted octanol–water partition coefficient (Wildman–Crippen LogP) is 1.11. The Morgan fingerprint density at radius 2 is 2.31 bits per heavy atom. The molecule has 1 N–H and O–H groups in total. The molecule has 0 fully saturated rings. The molecule has 1 aliphatic rings. The molecule has 1 unspecified atom stereocenters. The Morgan fingerprint density at radius 3 is 2.88 bits per heavy atom. The van der Waals surface area contributed by atoms with Crippen molar-refractivity contribution in [1.29, 1.82) is 0 Å². The largest absolute Gasteiger partial charge is 0.476 e. The van der Waals surface area contributed by atoms with Crippen molar-refractivity contribution in [2.24, 2.45) is 0 Å². The Labute approximate surface area is 98.6 Å². The third-order valence-electron chi connectivity index (χ3n) is 3.04. The Kier molecular flexibility index (Phi) is 2.90. The average molecular weight is 244 g/mol. The number of aromatic carboxylic acids is 1. The van der Waals surface area contributed by atoms with E-state index in [1.54, 1.807) is 4.57 Å². The molecule has 16 heavy (non-hydrogen) atoms. The summed E-state index contributed by atoms with van der Waals surface area (Å²) < 4.78 is 1.71. The first-order valence-corrected chi connectivity index (χ1v) is 5.53. The van der Waals surface area contributed by atoms with Gasteiger partial charge in [0.15, 0.2) is 10.8 Å². The zero-order valence-electron chi connectivity index (χ0n) is 9.27. The lowest BCUT2D eigenvalue weighted by atomic mass is 10.1. The molecule has 0 spiro atoms. The Hall–Kier alpha value is -1.07.